The molecule has 4 atom stereocenters. The average molecular weight is 406 g/mol. The van der Waals surface area contributed by atoms with E-state index >= 15 is 0 Å². The number of Topliss-reactive ketones (excluding diaryl/α,β-unsaturated/α-hetero) is 2. The topological polar surface area (TPSA) is 77.3 Å². The summed E-state index contributed by atoms with van der Waals surface area (Å²) in [5, 5.41) is 7.78. The van der Waals surface area contributed by atoms with Gasteiger partial charge in [0.25, 0.3) is 0 Å². The van der Waals surface area contributed by atoms with Gasteiger partial charge in [-0.3, -0.25) is 9.59 Å². The number of ketones is 2. The van der Waals surface area contributed by atoms with Crippen LogP contribution >= 0.6 is 0 Å². The first kappa shape index (κ1) is 21.4. The Morgan fingerprint density at radius 3 is 1.80 bits per heavy atom. The molecule has 0 amide bonds. The molecular weight excluding hydrogens is 380 g/mol. The van der Waals surface area contributed by atoms with E-state index in [0.717, 1.165) is 22.6 Å². The Morgan fingerprint density at radius 1 is 0.733 bits per heavy atom. The Labute approximate surface area is 176 Å². The van der Waals surface area contributed by atoms with E-state index < -0.39 is 6.10 Å². The van der Waals surface area contributed by atoms with Gasteiger partial charge in [-0.1, -0.05) is 71.0 Å². The molecule has 2 unspecified atom stereocenters. The molecule has 2 heterocycles. The second kappa shape index (κ2) is 9.48. The molecule has 0 fully saturated rings. The summed E-state index contributed by atoms with van der Waals surface area (Å²) in [4.78, 5) is 33.3. The van der Waals surface area contributed by atoms with Crippen molar-refractivity contribution in [3.8, 4) is 0 Å². The summed E-state index contributed by atoms with van der Waals surface area (Å²) >= 11 is 0. The highest BCUT2D eigenvalue weighted by Gasteiger charge is 2.37. The number of nitrogens with zero attached hydrogens (tertiary/aromatic N) is 2. The first-order chi connectivity index (χ1) is 14.4. The molecule has 0 saturated heterocycles. The van der Waals surface area contributed by atoms with Crippen molar-refractivity contribution in [3.63, 3.8) is 0 Å². The van der Waals surface area contributed by atoms with Gasteiger partial charge in [0.2, 0.25) is 0 Å². The van der Waals surface area contributed by atoms with E-state index in [4.69, 9.17) is 9.68 Å². The Kier molecular flexibility index (Phi) is 6.77. The van der Waals surface area contributed by atoms with E-state index in [1.54, 1.807) is 6.92 Å². The fourth-order valence-corrected chi connectivity index (χ4v) is 3.74. The van der Waals surface area contributed by atoms with Crippen LogP contribution in [0.2, 0.25) is 0 Å². The number of oxime groups is 2. The van der Waals surface area contributed by atoms with Crippen molar-refractivity contribution in [3.05, 3.63) is 71.8 Å². The van der Waals surface area contributed by atoms with Gasteiger partial charge >= 0.3 is 0 Å². The second-order valence-corrected chi connectivity index (χ2v) is 7.52. The van der Waals surface area contributed by atoms with E-state index in [1.807, 2.05) is 74.5 Å². The summed E-state index contributed by atoms with van der Waals surface area (Å²) < 4.78 is 0. The van der Waals surface area contributed by atoms with E-state index in [1.165, 1.54) is 6.92 Å². The predicted molar refractivity (Wildman–Crippen MR) is 115 cm³/mol. The van der Waals surface area contributed by atoms with Gasteiger partial charge in [-0.25, -0.2) is 0 Å². The van der Waals surface area contributed by atoms with Crippen LogP contribution in [-0.2, 0) is 19.3 Å². The number of hydrogen-bond donors (Lipinski definition) is 0. The van der Waals surface area contributed by atoms with Gasteiger partial charge in [-0.2, -0.15) is 0 Å². The molecule has 0 bridgehead atoms. The molecule has 0 spiro atoms. The van der Waals surface area contributed by atoms with E-state index in [0.29, 0.717) is 0 Å². The fraction of sp³-hybridized carbons (Fsp3) is 0.333. The molecule has 2 aliphatic heterocycles. The lowest BCUT2D eigenvalue weighted by molar-refractivity contribution is -0.127. The van der Waals surface area contributed by atoms with E-state index in [9.17, 15) is 9.59 Å². The van der Waals surface area contributed by atoms with Gasteiger partial charge in [-0.15, -0.1) is 0 Å². The summed E-state index contributed by atoms with van der Waals surface area (Å²) in [5.41, 5.74) is 3.70. The molecule has 6 heteroatoms. The molecule has 2 aliphatic rings. The van der Waals surface area contributed by atoms with E-state index in [-0.39, 0.29) is 29.5 Å². The highest BCUT2D eigenvalue weighted by Crippen LogP contribution is 2.33. The Bertz CT molecular complexity index is 954. The second-order valence-electron chi connectivity index (χ2n) is 7.52. The molecule has 2 aromatic carbocycles. The Morgan fingerprint density at radius 2 is 1.27 bits per heavy atom. The smallest absolute Gasteiger partial charge is 0.197 e. The highest BCUT2D eigenvalue weighted by molar-refractivity contribution is 6.04. The van der Waals surface area contributed by atoms with Gasteiger partial charge in [0.05, 0.1) is 17.3 Å². The SMILES string of the molecule is CC(=O)[C@@H]1ON=C(C)C1c1ccccc1.CC(=O)[C@H]1C(C)=NOC1c1ccccc1. The third kappa shape index (κ3) is 4.64. The maximum absolute atomic E-state index is 11.5. The van der Waals surface area contributed by atoms with Crippen molar-refractivity contribution in [2.24, 2.45) is 16.2 Å². The average Bonchev–Trinajstić information content (AvgIpc) is 3.32. The van der Waals surface area contributed by atoms with Crippen LogP contribution in [-0.4, -0.2) is 29.1 Å². The zero-order chi connectivity index (χ0) is 21.7. The monoisotopic (exact) mass is 406 g/mol. The molecule has 4 rings (SSSR count). The van der Waals surface area contributed by atoms with Crippen molar-refractivity contribution >= 4 is 23.0 Å². The standard InChI is InChI=1S/2C12H13NO2/c1-8-11(10-6-4-3-5-7-10)12(9(2)14)15-13-8;1-8-11(9(2)14)12(15-13-8)10-6-4-3-5-7-10/h2*3-7,11-12H,1-2H3/t11?,12-;11-,12?/m01/s1. The first-order valence-electron chi connectivity index (χ1n) is 9.91. The summed E-state index contributed by atoms with van der Waals surface area (Å²) in [5.74, 6) is -0.136. The lowest BCUT2D eigenvalue weighted by atomic mass is 9.88. The van der Waals surface area contributed by atoms with Crippen molar-refractivity contribution in [2.75, 3.05) is 0 Å². The number of rotatable bonds is 4. The lowest BCUT2D eigenvalue weighted by Gasteiger charge is -2.15. The van der Waals surface area contributed by atoms with Crippen LogP contribution in [0.5, 0.6) is 0 Å². The van der Waals surface area contributed by atoms with Crippen LogP contribution in [0.15, 0.2) is 71.0 Å². The van der Waals surface area contributed by atoms with Crippen LogP contribution in [0.4, 0.5) is 0 Å². The minimum Gasteiger partial charge on any atom is -0.386 e. The molecule has 0 aromatic heterocycles. The summed E-state index contributed by atoms with van der Waals surface area (Å²) in [6.07, 6.45) is -0.698. The predicted octanol–water partition coefficient (Wildman–Crippen LogP) is 4.47. The van der Waals surface area contributed by atoms with Gasteiger partial charge < -0.3 is 9.68 Å². The van der Waals surface area contributed by atoms with Gasteiger partial charge in [0, 0.05) is 0 Å². The van der Waals surface area contributed by atoms with Crippen LogP contribution in [0.1, 0.15) is 50.8 Å². The van der Waals surface area contributed by atoms with Gasteiger partial charge in [-0.05, 0) is 38.8 Å². The zero-order valence-corrected chi connectivity index (χ0v) is 17.6. The molecule has 0 saturated carbocycles. The Hall–Kier alpha value is -3.28. The third-order valence-corrected chi connectivity index (χ3v) is 5.25. The van der Waals surface area contributed by atoms with E-state index in [2.05, 4.69) is 10.3 Å². The molecule has 0 N–H and O–H groups in total. The third-order valence-electron chi connectivity index (χ3n) is 5.25. The quantitative estimate of drug-likeness (QED) is 0.750. The number of benzene rings is 2. The number of carbonyl (C=O) groups excluding carboxylic acids is 2. The van der Waals surface area contributed by atoms with Crippen LogP contribution in [0.25, 0.3) is 0 Å². The van der Waals surface area contributed by atoms with Gasteiger partial charge in [0.1, 0.15) is 11.7 Å². The Balaban J connectivity index is 0.000000171. The molecule has 30 heavy (non-hydrogen) atoms. The molecule has 156 valence electrons. The van der Waals surface area contributed by atoms with Crippen molar-refractivity contribution in [1.29, 1.82) is 0 Å². The summed E-state index contributed by atoms with van der Waals surface area (Å²) in [6, 6.07) is 19.6. The highest BCUT2D eigenvalue weighted by atomic mass is 16.6. The minimum absolute atomic E-state index is 0.0180. The van der Waals surface area contributed by atoms with Crippen LogP contribution in [0, 0.1) is 5.92 Å². The number of carbonyl (C=O) groups is 2. The summed E-state index contributed by atoms with van der Waals surface area (Å²) in [6.45, 7) is 6.83. The van der Waals surface area contributed by atoms with Crippen LogP contribution in [0.3, 0.4) is 0 Å². The molecule has 0 aliphatic carbocycles. The summed E-state index contributed by atoms with van der Waals surface area (Å²) in [7, 11) is 0. The van der Waals surface area contributed by atoms with Crippen molar-refractivity contribution in [2.45, 2.75) is 45.8 Å². The van der Waals surface area contributed by atoms with Crippen molar-refractivity contribution < 1.29 is 19.3 Å². The molecule has 0 radical (unpaired) electrons. The maximum atomic E-state index is 11.5. The first-order valence-corrected chi connectivity index (χ1v) is 9.91. The molecular formula is C24H26N2O4. The largest absolute Gasteiger partial charge is 0.386 e. The van der Waals surface area contributed by atoms with Crippen LogP contribution < -0.4 is 0 Å². The normalized spacial score (nSPS) is 24.5. The lowest BCUT2D eigenvalue weighted by Crippen LogP contribution is -2.26. The maximum Gasteiger partial charge on any atom is 0.197 e. The van der Waals surface area contributed by atoms with Crippen molar-refractivity contribution in [1.82, 2.24) is 0 Å². The fourth-order valence-electron chi connectivity index (χ4n) is 3.74. The number of hydrogen-bond acceptors (Lipinski definition) is 6. The molecule has 6 nitrogen and oxygen atoms in total. The molecule has 2 aromatic rings. The minimum atomic E-state index is -0.451. The zero-order valence-electron chi connectivity index (χ0n) is 17.6. The van der Waals surface area contributed by atoms with Gasteiger partial charge in [0.15, 0.2) is 18.0 Å².